The van der Waals surface area contributed by atoms with Gasteiger partial charge in [-0.25, -0.2) is 0 Å². The third kappa shape index (κ3) is 4.23. The molecule has 1 aromatic carbocycles. The van der Waals surface area contributed by atoms with Crippen molar-refractivity contribution in [1.29, 1.82) is 0 Å². The van der Waals surface area contributed by atoms with E-state index in [1.807, 2.05) is 12.1 Å². The number of esters is 1. The lowest BCUT2D eigenvalue weighted by Crippen LogP contribution is -2.39. The molecule has 0 aromatic heterocycles. The second-order valence-corrected chi connectivity index (χ2v) is 5.30. The third-order valence-electron chi connectivity index (χ3n) is 3.16. The molecule has 0 bridgehead atoms. The van der Waals surface area contributed by atoms with Crippen molar-refractivity contribution in [3.05, 3.63) is 34.9 Å². The molecule has 20 heavy (non-hydrogen) atoms. The zero-order valence-electron chi connectivity index (χ0n) is 11.5. The van der Waals surface area contributed by atoms with Gasteiger partial charge in [0.15, 0.2) is 0 Å². The molecule has 0 heterocycles. The van der Waals surface area contributed by atoms with Crippen LogP contribution in [-0.4, -0.2) is 36.0 Å². The summed E-state index contributed by atoms with van der Waals surface area (Å²) in [6.45, 7) is 2.13. The highest BCUT2D eigenvalue weighted by molar-refractivity contribution is 6.30. The molecule has 1 aromatic rings. The highest BCUT2D eigenvalue weighted by atomic mass is 35.5. The maximum absolute atomic E-state index is 12.3. The molecule has 2 rings (SSSR count). The van der Waals surface area contributed by atoms with E-state index < -0.39 is 0 Å². The predicted molar refractivity (Wildman–Crippen MR) is 76.5 cm³/mol. The minimum atomic E-state index is -0.348. The van der Waals surface area contributed by atoms with Crippen molar-refractivity contribution in [3.8, 4) is 0 Å². The standard InChI is InChI=1S/C15H18ClNO3/c1-2-20-15(19)10-17(13-6-7-13)14(18)9-11-4-3-5-12(16)8-11/h3-5,8,13H,2,6-7,9-10H2,1H3. The minimum absolute atomic E-state index is 0.0396. The van der Waals surface area contributed by atoms with Crippen LogP contribution < -0.4 is 0 Å². The number of nitrogens with zero attached hydrogens (tertiary/aromatic N) is 1. The number of amides is 1. The molecule has 5 heteroatoms. The van der Waals surface area contributed by atoms with Crippen molar-refractivity contribution >= 4 is 23.5 Å². The molecule has 4 nitrogen and oxygen atoms in total. The van der Waals surface area contributed by atoms with Gasteiger partial charge in [-0.2, -0.15) is 0 Å². The molecule has 0 atom stereocenters. The Morgan fingerprint density at radius 2 is 2.15 bits per heavy atom. The molecule has 0 unspecified atom stereocenters. The lowest BCUT2D eigenvalue weighted by Gasteiger charge is -2.21. The molecule has 108 valence electrons. The number of carbonyl (C=O) groups is 2. The van der Waals surface area contributed by atoms with Gasteiger partial charge in [0.05, 0.1) is 13.0 Å². The van der Waals surface area contributed by atoms with Crippen LogP contribution in [0.5, 0.6) is 0 Å². The Hall–Kier alpha value is -1.55. The topological polar surface area (TPSA) is 46.6 Å². The van der Waals surface area contributed by atoms with Gasteiger partial charge in [0, 0.05) is 11.1 Å². The summed E-state index contributed by atoms with van der Waals surface area (Å²) in [4.78, 5) is 25.5. The van der Waals surface area contributed by atoms with E-state index in [-0.39, 0.29) is 30.9 Å². The van der Waals surface area contributed by atoms with Crippen LogP contribution in [0.3, 0.4) is 0 Å². The highest BCUT2D eigenvalue weighted by Gasteiger charge is 2.33. The smallest absolute Gasteiger partial charge is 0.325 e. The number of rotatable bonds is 6. The average Bonchev–Trinajstić information content (AvgIpc) is 3.20. The molecule has 1 fully saturated rings. The van der Waals surface area contributed by atoms with E-state index in [0.29, 0.717) is 11.6 Å². The van der Waals surface area contributed by atoms with Crippen LogP contribution in [0.2, 0.25) is 5.02 Å². The van der Waals surface area contributed by atoms with Crippen molar-refractivity contribution in [1.82, 2.24) is 4.90 Å². The summed E-state index contributed by atoms with van der Waals surface area (Å²) < 4.78 is 4.92. The maximum Gasteiger partial charge on any atom is 0.325 e. The summed E-state index contributed by atoms with van der Waals surface area (Å²) in [6.07, 6.45) is 2.18. The Morgan fingerprint density at radius 1 is 1.40 bits per heavy atom. The predicted octanol–water partition coefficient (Wildman–Crippen LogP) is 2.44. The van der Waals surface area contributed by atoms with E-state index in [0.717, 1.165) is 18.4 Å². The van der Waals surface area contributed by atoms with Crippen LogP contribution in [-0.2, 0) is 20.7 Å². The van der Waals surface area contributed by atoms with Crippen LogP contribution in [0.1, 0.15) is 25.3 Å². The Labute approximate surface area is 123 Å². The summed E-state index contributed by atoms with van der Waals surface area (Å²) in [7, 11) is 0. The fourth-order valence-corrected chi connectivity index (χ4v) is 2.29. The average molecular weight is 296 g/mol. The molecule has 1 aliphatic rings. The quantitative estimate of drug-likeness (QED) is 0.757. The van der Waals surface area contributed by atoms with Gasteiger partial charge in [-0.15, -0.1) is 0 Å². The summed E-state index contributed by atoms with van der Waals surface area (Å²) in [5, 5.41) is 0.610. The molecule has 0 spiro atoms. The minimum Gasteiger partial charge on any atom is -0.465 e. The fraction of sp³-hybridized carbons (Fsp3) is 0.467. The van der Waals surface area contributed by atoms with Crippen molar-refractivity contribution in [2.45, 2.75) is 32.2 Å². The molecule has 0 N–H and O–H groups in total. The number of hydrogen-bond donors (Lipinski definition) is 0. The number of hydrogen-bond acceptors (Lipinski definition) is 3. The lowest BCUT2D eigenvalue weighted by molar-refractivity contribution is -0.149. The van der Waals surface area contributed by atoms with Crippen molar-refractivity contribution < 1.29 is 14.3 Å². The summed E-state index contributed by atoms with van der Waals surface area (Å²) in [6, 6.07) is 7.41. The molecular formula is C15H18ClNO3. The molecule has 0 saturated heterocycles. The Morgan fingerprint density at radius 3 is 2.75 bits per heavy atom. The van der Waals surface area contributed by atoms with E-state index in [4.69, 9.17) is 16.3 Å². The van der Waals surface area contributed by atoms with Gasteiger partial charge >= 0.3 is 5.97 Å². The molecule has 1 saturated carbocycles. The lowest BCUT2D eigenvalue weighted by atomic mass is 10.1. The Bertz CT molecular complexity index is 500. The van der Waals surface area contributed by atoms with Gasteiger partial charge in [0.1, 0.15) is 6.54 Å². The first-order valence-corrected chi connectivity index (χ1v) is 7.17. The van der Waals surface area contributed by atoms with Crippen LogP contribution in [0, 0.1) is 0 Å². The summed E-state index contributed by atoms with van der Waals surface area (Å²) in [5.74, 6) is -0.401. The van der Waals surface area contributed by atoms with Crippen LogP contribution in [0.15, 0.2) is 24.3 Å². The second-order valence-electron chi connectivity index (χ2n) is 4.86. The van der Waals surface area contributed by atoms with Gasteiger partial charge < -0.3 is 9.64 Å². The third-order valence-corrected chi connectivity index (χ3v) is 3.39. The number of ether oxygens (including phenoxy) is 1. The van der Waals surface area contributed by atoms with Gasteiger partial charge in [-0.05, 0) is 37.5 Å². The van der Waals surface area contributed by atoms with E-state index in [1.165, 1.54) is 0 Å². The van der Waals surface area contributed by atoms with Crippen molar-refractivity contribution in [2.75, 3.05) is 13.2 Å². The van der Waals surface area contributed by atoms with Gasteiger partial charge in [0.25, 0.3) is 0 Å². The van der Waals surface area contributed by atoms with Crippen molar-refractivity contribution in [2.24, 2.45) is 0 Å². The van der Waals surface area contributed by atoms with E-state index in [2.05, 4.69) is 0 Å². The monoisotopic (exact) mass is 295 g/mol. The first kappa shape index (κ1) is 14.9. The molecule has 0 aliphatic heterocycles. The fourth-order valence-electron chi connectivity index (χ4n) is 2.08. The largest absolute Gasteiger partial charge is 0.465 e. The van der Waals surface area contributed by atoms with Gasteiger partial charge in [0.2, 0.25) is 5.91 Å². The normalized spacial score (nSPS) is 13.9. The van der Waals surface area contributed by atoms with Crippen LogP contribution >= 0.6 is 11.6 Å². The Balaban J connectivity index is 1.98. The Kier molecular flexibility index (Phi) is 5.01. The van der Waals surface area contributed by atoms with Gasteiger partial charge in [-0.3, -0.25) is 9.59 Å². The SMILES string of the molecule is CCOC(=O)CN(C(=O)Cc1cccc(Cl)c1)C1CC1. The highest BCUT2D eigenvalue weighted by Crippen LogP contribution is 2.27. The molecular weight excluding hydrogens is 278 g/mol. The van der Waals surface area contributed by atoms with E-state index >= 15 is 0 Å². The number of halogens is 1. The van der Waals surface area contributed by atoms with E-state index in [1.54, 1.807) is 24.0 Å². The molecule has 1 aliphatic carbocycles. The van der Waals surface area contributed by atoms with Crippen LogP contribution in [0.25, 0.3) is 0 Å². The van der Waals surface area contributed by atoms with E-state index in [9.17, 15) is 9.59 Å². The molecule has 0 radical (unpaired) electrons. The maximum atomic E-state index is 12.3. The summed E-state index contributed by atoms with van der Waals surface area (Å²) in [5.41, 5.74) is 0.858. The first-order valence-electron chi connectivity index (χ1n) is 6.79. The molecule has 1 amide bonds. The van der Waals surface area contributed by atoms with Crippen molar-refractivity contribution in [3.63, 3.8) is 0 Å². The number of carbonyl (C=O) groups excluding carboxylic acids is 2. The zero-order valence-corrected chi connectivity index (χ0v) is 12.2. The summed E-state index contributed by atoms with van der Waals surface area (Å²) >= 11 is 5.91. The van der Waals surface area contributed by atoms with Gasteiger partial charge in [-0.1, -0.05) is 23.7 Å². The van der Waals surface area contributed by atoms with Crippen LogP contribution in [0.4, 0.5) is 0 Å². The number of benzene rings is 1. The zero-order chi connectivity index (χ0) is 14.5. The second kappa shape index (κ2) is 6.75. The first-order chi connectivity index (χ1) is 9.60.